The van der Waals surface area contributed by atoms with E-state index < -0.39 is 0 Å². The average molecular weight is 333 g/mol. The number of amides is 2. The summed E-state index contributed by atoms with van der Waals surface area (Å²) in [6.07, 6.45) is 7.92. The second-order valence-electron chi connectivity index (χ2n) is 7.34. The van der Waals surface area contributed by atoms with Gasteiger partial charge in [-0.15, -0.1) is 0 Å². The molecule has 24 heavy (non-hydrogen) atoms. The Kier molecular flexibility index (Phi) is 4.70. The molecule has 4 atom stereocenters. The zero-order valence-electron chi connectivity index (χ0n) is 14.2. The van der Waals surface area contributed by atoms with Crippen LogP contribution >= 0.6 is 0 Å². The molecule has 0 aliphatic carbocycles. The van der Waals surface area contributed by atoms with E-state index in [1.54, 1.807) is 0 Å². The van der Waals surface area contributed by atoms with Crippen LogP contribution in [0, 0.1) is 11.8 Å². The summed E-state index contributed by atoms with van der Waals surface area (Å²) in [5, 5.41) is 3.37. The van der Waals surface area contributed by atoms with Crippen molar-refractivity contribution in [3.63, 3.8) is 0 Å². The molecular formula is C18H27N3O3. The van der Waals surface area contributed by atoms with E-state index in [4.69, 9.17) is 4.74 Å². The van der Waals surface area contributed by atoms with Crippen molar-refractivity contribution < 1.29 is 14.3 Å². The largest absolute Gasteiger partial charge is 0.365 e. The lowest BCUT2D eigenvalue weighted by molar-refractivity contribution is -0.142. The van der Waals surface area contributed by atoms with Crippen molar-refractivity contribution in [2.45, 2.75) is 37.9 Å². The van der Waals surface area contributed by atoms with Gasteiger partial charge in [0.05, 0.1) is 24.0 Å². The predicted octanol–water partition coefficient (Wildman–Crippen LogP) is 0.390. The number of nitrogens with zero attached hydrogens (tertiary/aromatic N) is 2. The minimum atomic E-state index is -0.250. The van der Waals surface area contributed by atoms with Crippen molar-refractivity contribution in [1.29, 1.82) is 0 Å². The van der Waals surface area contributed by atoms with E-state index in [0.717, 1.165) is 39.0 Å². The molecule has 2 bridgehead atoms. The Morgan fingerprint density at radius 1 is 0.917 bits per heavy atom. The van der Waals surface area contributed by atoms with Gasteiger partial charge in [-0.05, 0) is 19.4 Å². The first-order valence-corrected chi connectivity index (χ1v) is 9.38. The van der Waals surface area contributed by atoms with Gasteiger partial charge >= 0.3 is 0 Å². The number of ether oxygens (including phenoxy) is 1. The van der Waals surface area contributed by atoms with Crippen LogP contribution in [-0.4, -0.2) is 73.1 Å². The van der Waals surface area contributed by atoms with Crippen molar-refractivity contribution in [2.24, 2.45) is 11.8 Å². The molecule has 4 rings (SSSR count). The van der Waals surface area contributed by atoms with Crippen LogP contribution in [0.25, 0.3) is 0 Å². The average Bonchev–Trinajstić information content (AvgIpc) is 3.28. The Hall–Kier alpha value is -1.24. The number of unbranched alkanes of at least 4 members (excludes halogenated alkanes) is 3. The molecule has 4 heterocycles. The number of likely N-dealkylation sites (tertiary alicyclic amines) is 1. The summed E-state index contributed by atoms with van der Waals surface area (Å²) in [6.45, 7) is 6.25. The zero-order chi connectivity index (χ0) is 16.5. The maximum atomic E-state index is 12.5. The van der Waals surface area contributed by atoms with Gasteiger partial charge in [0.25, 0.3) is 0 Å². The zero-order valence-corrected chi connectivity index (χ0v) is 14.2. The molecule has 2 amide bonds. The number of nitrogens with one attached hydrogen (secondary N) is 1. The first kappa shape index (κ1) is 16.2. The van der Waals surface area contributed by atoms with Crippen molar-refractivity contribution >= 4 is 11.8 Å². The third-order valence-corrected chi connectivity index (χ3v) is 5.82. The summed E-state index contributed by atoms with van der Waals surface area (Å²) in [4.78, 5) is 29.0. The fraction of sp³-hybridized carbons (Fsp3) is 0.778. The minimum Gasteiger partial charge on any atom is -0.365 e. The number of imide groups is 1. The van der Waals surface area contributed by atoms with E-state index in [-0.39, 0.29) is 35.9 Å². The Morgan fingerprint density at radius 2 is 1.50 bits per heavy atom. The van der Waals surface area contributed by atoms with Crippen molar-refractivity contribution in [3.8, 4) is 0 Å². The molecule has 0 saturated carbocycles. The summed E-state index contributed by atoms with van der Waals surface area (Å²) in [5.74, 6) is -0.522. The first-order valence-electron chi connectivity index (χ1n) is 9.38. The smallest absolute Gasteiger partial charge is 0.236 e. The quantitative estimate of drug-likeness (QED) is 0.415. The highest BCUT2D eigenvalue weighted by molar-refractivity contribution is 6.06. The lowest BCUT2D eigenvalue weighted by Gasteiger charge is -2.27. The SMILES string of the molecule is O=C1[C@@H]2[C@H](C(=O)N1CCCCCCN1CCNCC1)[C@H]1C=C[C@@H]2O1. The molecule has 4 aliphatic rings. The van der Waals surface area contributed by atoms with Gasteiger partial charge in [-0.25, -0.2) is 0 Å². The van der Waals surface area contributed by atoms with Crippen LogP contribution in [0.4, 0.5) is 0 Å². The third-order valence-electron chi connectivity index (χ3n) is 5.82. The van der Waals surface area contributed by atoms with E-state index in [1.807, 2.05) is 12.2 Å². The Bertz CT molecular complexity index is 500. The molecule has 6 heteroatoms. The van der Waals surface area contributed by atoms with Gasteiger partial charge in [-0.1, -0.05) is 25.0 Å². The van der Waals surface area contributed by atoms with Crippen molar-refractivity contribution in [3.05, 3.63) is 12.2 Å². The lowest BCUT2D eigenvalue weighted by Crippen LogP contribution is -2.43. The number of fused-ring (bicyclic) bond motifs is 5. The van der Waals surface area contributed by atoms with Crippen molar-refractivity contribution in [2.75, 3.05) is 39.3 Å². The second-order valence-corrected chi connectivity index (χ2v) is 7.34. The molecule has 0 radical (unpaired) electrons. The number of hydrogen-bond acceptors (Lipinski definition) is 5. The summed E-state index contributed by atoms with van der Waals surface area (Å²) in [6, 6.07) is 0. The second kappa shape index (κ2) is 6.94. The van der Waals surface area contributed by atoms with Gasteiger partial charge in [0.15, 0.2) is 0 Å². The van der Waals surface area contributed by atoms with Crippen LogP contribution in [0.3, 0.4) is 0 Å². The minimum absolute atomic E-state index is 0.0114. The molecule has 0 aromatic heterocycles. The lowest BCUT2D eigenvalue weighted by atomic mass is 9.85. The Balaban J connectivity index is 1.16. The highest BCUT2D eigenvalue weighted by Crippen LogP contribution is 2.45. The van der Waals surface area contributed by atoms with Gasteiger partial charge in [0.2, 0.25) is 11.8 Å². The van der Waals surface area contributed by atoms with E-state index in [9.17, 15) is 9.59 Å². The standard InChI is InChI=1S/C18H27N3O3/c22-17-15-13-5-6-14(24-13)16(15)18(23)21(17)10-4-2-1-3-9-20-11-7-19-8-12-20/h5-6,13-16,19H,1-4,7-12H2/t13-,14+,15-,16+. The first-order chi connectivity index (χ1) is 11.8. The highest BCUT2D eigenvalue weighted by Gasteiger charge is 2.60. The molecule has 0 unspecified atom stereocenters. The number of piperazine rings is 1. The predicted molar refractivity (Wildman–Crippen MR) is 89.3 cm³/mol. The monoisotopic (exact) mass is 333 g/mol. The van der Waals surface area contributed by atoms with E-state index >= 15 is 0 Å². The van der Waals surface area contributed by atoms with E-state index in [2.05, 4.69) is 10.2 Å². The summed E-state index contributed by atoms with van der Waals surface area (Å²) < 4.78 is 5.66. The maximum absolute atomic E-state index is 12.5. The summed E-state index contributed by atoms with van der Waals surface area (Å²) in [7, 11) is 0. The Morgan fingerprint density at radius 3 is 2.12 bits per heavy atom. The molecule has 0 aromatic rings. The third kappa shape index (κ3) is 2.91. The van der Waals surface area contributed by atoms with Gasteiger partial charge in [-0.2, -0.15) is 0 Å². The van der Waals surface area contributed by atoms with E-state index in [0.29, 0.717) is 6.54 Å². The molecule has 4 aliphatic heterocycles. The summed E-state index contributed by atoms with van der Waals surface area (Å²) >= 11 is 0. The molecule has 6 nitrogen and oxygen atoms in total. The van der Waals surface area contributed by atoms with Gasteiger partial charge in [0.1, 0.15) is 0 Å². The van der Waals surface area contributed by atoms with Crippen LogP contribution < -0.4 is 5.32 Å². The molecule has 0 spiro atoms. The van der Waals surface area contributed by atoms with Crippen LogP contribution in [0.5, 0.6) is 0 Å². The number of carbonyl (C=O) groups excluding carboxylic acids is 2. The fourth-order valence-corrected chi connectivity index (χ4v) is 4.48. The van der Waals surface area contributed by atoms with E-state index in [1.165, 1.54) is 24.3 Å². The molecule has 3 fully saturated rings. The van der Waals surface area contributed by atoms with Gasteiger partial charge in [0, 0.05) is 32.7 Å². The van der Waals surface area contributed by atoms with Crippen LogP contribution in [0.1, 0.15) is 25.7 Å². The highest BCUT2D eigenvalue weighted by atomic mass is 16.5. The molecule has 1 N–H and O–H groups in total. The number of hydrogen-bond donors (Lipinski definition) is 1. The number of rotatable bonds is 7. The van der Waals surface area contributed by atoms with Crippen LogP contribution in [0.15, 0.2) is 12.2 Å². The van der Waals surface area contributed by atoms with Gasteiger partial charge in [-0.3, -0.25) is 14.5 Å². The fourth-order valence-electron chi connectivity index (χ4n) is 4.48. The molecular weight excluding hydrogens is 306 g/mol. The number of carbonyl (C=O) groups is 2. The van der Waals surface area contributed by atoms with Crippen molar-refractivity contribution in [1.82, 2.24) is 15.1 Å². The van der Waals surface area contributed by atoms with Gasteiger partial charge < -0.3 is 15.0 Å². The Labute approximate surface area is 143 Å². The normalized spacial score (nSPS) is 35.2. The maximum Gasteiger partial charge on any atom is 0.236 e. The molecule has 132 valence electrons. The summed E-state index contributed by atoms with van der Waals surface area (Å²) in [5.41, 5.74) is 0. The molecule has 3 saturated heterocycles. The van der Waals surface area contributed by atoms with Crippen LogP contribution in [0.2, 0.25) is 0 Å². The molecule has 0 aromatic carbocycles. The topological polar surface area (TPSA) is 61.9 Å². The van der Waals surface area contributed by atoms with Crippen LogP contribution in [-0.2, 0) is 14.3 Å².